The number of carbonyl (C=O) groups excluding carboxylic acids is 8. The number of aromatic nitrogens is 2. The van der Waals surface area contributed by atoms with E-state index in [1.165, 1.54) is 16.7 Å². The van der Waals surface area contributed by atoms with Gasteiger partial charge < -0.3 is 61.5 Å². The van der Waals surface area contributed by atoms with Gasteiger partial charge in [0.15, 0.2) is 5.60 Å². The number of halogens is 1. The van der Waals surface area contributed by atoms with Crippen molar-refractivity contribution in [2.24, 2.45) is 5.73 Å². The number of carboxylic acid groups (broad SMARTS) is 1. The number of nitrogens with zero attached hydrogens (tertiary/aromatic N) is 3. The summed E-state index contributed by atoms with van der Waals surface area (Å²) in [4.78, 5) is 140. The number of aryl methyl sites for hydroxylation is 1. The molecule has 9 N–H and O–H groups in total. The maximum Gasteiger partial charge on any atom is 0.407 e. The van der Waals surface area contributed by atoms with Crippen LogP contribution >= 0.6 is 0 Å². The molecule has 24 heteroatoms. The first kappa shape index (κ1) is 58.4. The first-order chi connectivity index (χ1) is 40.8. The van der Waals surface area contributed by atoms with Gasteiger partial charge in [0.2, 0.25) is 35.4 Å². The molecular weight excluding hydrogens is 1100 g/mol. The summed E-state index contributed by atoms with van der Waals surface area (Å²) in [6, 6.07) is 22.6. The quantitative estimate of drug-likeness (QED) is 0.0480. The van der Waals surface area contributed by atoms with E-state index in [0.29, 0.717) is 27.6 Å². The summed E-state index contributed by atoms with van der Waals surface area (Å²) in [7, 11) is 0. The minimum atomic E-state index is -2.18. The fourth-order valence-corrected chi connectivity index (χ4v) is 12.0. The molecule has 440 valence electrons. The maximum atomic E-state index is 15.8. The number of primary amides is 1. The van der Waals surface area contributed by atoms with Crippen molar-refractivity contribution in [3.05, 3.63) is 157 Å². The Kier molecular flexibility index (Phi) is 16.6. The Bertz CT molecular complexity index is 3790. The van der Waals surface area contributed by atoms with Crippen molar-refractivity contribution in [2.45, 2.75) is 95.2 Å². The van der Waals surface area contributed by atoms with Crippen LogP contribution in [0.4, 0.5) is 9.18 Å². The number of fused-ring (bicyclic) bond motifs is 8. The molecule has 4 aromatic carbocycles. The third-order valence-electron chi connectivity index (χ3n) is 16.2. The molecule has 7 amide bonds. The zero-order valence-electron chi connectivity index (χ0n) is 46.3. The molecule has 23 nitrogen and oxygen atoms in total. The molecule has 0 spiro atoms. The molecule has 2 aliphatic carbocycles. The van der Waals surface area contributed by atoms with Crippen molar-refractivity contribution < 1.29 is 67.2 Å². The smallest absolute Gasteiger partial charge is 0.407 e. The van der Waals surface area contributed by atoms with Gasteiger partial charge >= 0.3 is 18.0 Å². The largest absolute Gasteiger partial charge is 0.480 e. The lowest BCUT2D eigenvalue weighted by Crippen LogP contribution is -2.53. The number of carboxylic acids is 1. The van der Waals surface area contributed by atoms with E-state index in [2.05, 4.69) is 26.6 Å². The number of amides is 7. The molecule has 4 atom stereocenters. The van der Waals surface area contributed by atoms with Crippen LogP contribution in [0, 0.1) is 12.7 Å². The van der Waals surface area contributed by atoms with Crippen molar-refractivity contribution in [3.8, 4) is 22.5 Å². The summed E-state index contributed by atoms with van der Waals surface area (Å²) in [6.45, 7) is -0.200. The normalized spacial score (nSPS) is 16.7. The van der Waals surface area contributed by atoms with Gasteiger partial charge in [-0.15, -0.1) is 0 Å². The number of hydrogen-bond acceptors (Lipinski definition) is 14. The SMILES string of the molecule is CC[C@@]1(O)C(=O)OCc2c1cc1n(c2=O)Cc2c-1nc1cc(F)c(C)c3c1c2[C@@H](N(C(=O)CNC(=O)CNC(=O)[C@H](Cc1ccccc1)NC(=O)CNC(=O)CNC(=O)OCC1c2ccccc2-c2ccccc21)[C@@H](CCC(N)=O)C(=O)O)CC3. The molecule has 0 fully saturated rings. The Morgan fingerprint density at radius 3 is 2.16 bits per heavy atom. The van der Waals surface area contributed by atoms with Crippen molar-refractivity contribution in [1.29, 1.82) is 0 Å². The number of rotatable bonds is 21. The maximum absolute atomic E-state index is 15.8. The number of esters is 1. The highest BCUT2D eigenvalue weighted by Gasteiger charge is 2.47. The highest BCUT2D eigenvalue weighted by Crippen LogP contribution is 2.49. The van der Waals surface area contributed by atoms with Crippen LogP contribution in [0.25, 0.3) is 33.4 Å². The number of aliphatic hydroxyl groups is 1. The van der Waals surface area contributed by atoms with Crippen molar-refractivity contribution in [2.75, 3.05) is 32.8 Å². The Balaban J connectivity index is 0.816. The van der Waals surface area contributed by atoms with E-state index < -0.39 is 134 Å². The summed E-state index contributed by atoms with van der Waals surface area (Å²) < 4.78 is 27.9. The highest BCUT2D eigenvalue weighted by molar-refractivity contribution is 5.97. The number of carbonyl (C=O) groups is 9. The zero-order valence-corrected chi connectivity index (χ0v) is 46.3. The fraction of sp³-hybridized carbons (Fsp3) is 0.328. The molecule has 0 unspecified atom stereocenters. The van der Waals surface area contributed by atoms with Crippen LogP contribution in [0.1, 0.15) is 94.6 Å². The van der Waals surface area contributed by atoms with Gasteiger partial charge in [0.1, 0.15) is 37.7 Å². The summed E-state index contributed by atoms with van der Waals surface area (Å²) in [5.41, 5.74) is 9.37. The average Bonchev–Trinajstić information content (AvgIpc) is 1.87. The zero-order chi connectivity index (χ0) is 60.4. The number of alkyl carbamates (subject to hydrolysis) is 1. The molecule has 10 rings (SSSR count). The fourth-order valence-electron chi connectivity index (χ4n) is 12.0. The van der Waals surface area contributed by atoms with Crippen LogP contribution in [0.3, 0.4) is 0 Å². The number of pyridine rings is 2. The van der Waals surface area contributed by atoms with Gasteiger partial charge in [-0.05, 0) is 83.2 Å². The van der Waals surface area contributed by atoms with Gasteiger partial charge in [0.25, 0.3) is 5.56 Å². The third kappa shape index (κ3) is 11.5. The van der Waals surface area contributed by atoms with E-state index in [1.807, 2.05) is 48.5 Å². The predicted molar refractivity (Wildman–Crippen MR) is 301 cm³/mol. The molecule has 4 heterocycles. The van der Waals surface area contributed by atoms with Gasteiger partial charge in [-0.2, -0.15) is 0 Å². The van der Waals surface area contributed by atoms with E-state index in [-0.39, 0.29) is 78.3 Å². The molecule has 6 aromatic rings. The van der Waals surface area contributed by atoms with Gasteiger partial charge in [0, 0.05) is 41.3 Å². The monoisotopic (exact) mass is 1160 g/mol. The van der Waals surface area contributed by atoms with Crippen LogP contribution in [0.5, 0.6) is 0 Å². The molecule has 0 saturated carbocycles. The number of benzene rings is 4. The van der Waals surface area contributed by atoms with E-state index in [4.69, 9.17) is 20.2 Å². The van der Waals surface area contributed by atoms with Crippen LogP contribution in [-0.2, 0) is 79.4 Å². The van der Waals surface area contributed by atoms with E-state index in [9.17, 15) is 58.2 Å². The van der Waals surface area contributed by atoms with Gasteiger partial charge in [-0.3, -0.25) is 33.6 Å². The van der Waals surface area contributed by atoms with Crippen molar-refractivity contribution in [1.82, 2.24) is 41.0 Å². The van der Waals surface area contributed by atoms with Crippen molar-refractivity contribution in [3.63, 3.8) is 0 Å². The Morgan fingerprint density at radius 2 is 1.49 bits per heavy atom. The molecule has 4 aliphatic rings. The molecule has 2 aromatic heterocycles. The van der Waals surface area contributed by atoms with Crippen LogP contribution in [-0.4, -0.2) is 123 Å². The molecule has 2 aliphatic heterocycles. The lowest BCUT2D eigenvalue weighted by Gasteiger charge is -2.40. The molecule has 0 radical (unpaired) electrons. The number of nitrogens with two attached hydrogens (primary N) is 1. The topological polar surface area (TPSA) is 337 Å². The molecular formula is C61H60FN9O14. The second-order valence-corrected chi connectivity index (χ2v) is 21.3. The lowest BCUT2D eigenvalue weighted by molar-refractivity contribution is -0.172. The van der Waals surface area contributed by atoms with Gasteiger partial charge in [-0.25, -0.2) is 23.8 Å². The summed E-state index contributed by atoms with van der Waals surface area (Å²) in [6.07, 6.45) is -1.89. The summed E-state index contributed by atoms with van der Waals surface area (Å²) >= 11 is 0. The second-order valence-electron chi connectivity index (χ2n) is 21.3. The Hall–Kier alpha value is -9.84. The minimum absolute atomic E-state index is 0.00496. The van der Waals surface area contributed by atoms with E-state index in [0.717, 1.165) is 27.2 Å². The highest BCUT2D eigenvalue weighted by atomic mass is 19.1. The Morgan fingerprint density at radius 1 is 0.847 bits per heavy atom. The summed E-state index contributed by atoms with van der Waals surface area (Å²) in [5.74, 6) is -8.37. The number of aliphatic carboxylic acids is 1. The van der Waals surface area contributed by atoms with E-state index in [1.54, 1.807) is 44.2 Å². The first-order valence-corrected chi connectivity index (χ1v) is 27.6. The molecule has 0 bridgehead atoms. The molecule has 85 heavy (non-hydrogen) atoms. The Labute approximate surface area is 484 Å². The third-order valence-corrected chi connectivity index (χ3v) is 16.2. The number of cyclic esters (lactones) is 1. The lowest BCUT2D eigenvalue weighted by atomic mass is 9.80. The molecule has 0 saturated heterocycles. The average molecular weight is 1160 g/mol. The minimum Gasteiger partial charge on any atom is -0.480 e. The van der Waals surface area contributed by atoms with Gasteiger partial charge in [-0.1, -0.05) is 85.8 Å². The summed E-state index contributed by atoms with van der Waals surface area (Å²) in [5, 5.41) is 35.0. The van der Waals surface area contributed by atoms with Crippen LogP contribution in [0.15, 0.2) is 95.8 Å². The second kappa shape index (κ2) is 24.2. The van der Waals surface area contributed by atoms with Crippen LogP contribution < -0.4 is 37.9 Å². The first-order valence-electron chi connectivity index (χ1n) is 27.6. The van der Waals surface area contributed by atoms with Gasteiger partial charge in [0.05, 0.1) is 54.7 Å². The number of nitrogens with one attached hydrogen (secondary N) is 5. The van der Waals surface area contributed by atoms with Crippen LogP contribution in [0.2, 0.25) is 0 Å². The van der Waals surface area contributed by atoms with E-state index >= 15 is 4.39 Å². The number of hydrogen-bond donors (Lipinski definition) is 8. The predicted octanol–water partition coefficient (Wildman–Crippen LogP) is 2.68. The van der Waals surface area contributed by atoms with Crippen molar-refractivity contribution >= 4 is 64.4 Å². The standard InChI is InChI=1S/C61H60FN9O14/c1-3-61(83)41-22-47-55-38(28-70(47)57(78)40(41)30-84-59(61)81)54-45(18-17-33-31(2)42(62)23-43(69-55)53(33)54)71(46(58(79)80)19-20-48(63)72)52(76)27-65-49(73)24-66-56(77)44(21-32-11-5-4-6-12-32)68-51(75)26-64-50(74)25-67-60(82)85-29-39-36-15-9-7-13-34(36)35-14-8-10-16-37(35)39/h4-16,22-23,39,44-46,83H,3,17-21,24-30H2,1-2H3,(H2,63,72)(H,64,74)(H,65,73)(H,66,77)(H,67,82)(H,68,75)(H,79,80)/t44-,45-,46-,61-/m0/s1. The number of ether oxygens (including phenoxy) is 2.